The van der Waals surface area contributed by atoms with Crippen molar-refractivity contribution in [2.75, 3.05) is 19.0 Å². The Balaban J connectivity index is 1.68. The van der Waals surface area contributed by atoms with E-state index >= 15 is 0 Å². The molecule has 0 saturated heterocycles. The average Bonchev–Trinajstić information content (AvgIpc) is 3.43. The maximum absolute atomic E-state index is 13.1. The summed E-state index contributed by atoms with van der Waals surface area (Å²) in [5.74, 6) is 1.04. The summed E-state index contributed by atoms with van der Waals surface area (Å²) in [5.41, 5.74) is 1.16. The Morgan fingerprint density at radius 2 is 2.00 bits per heavy atom. The van der Waals surface area contributed by atoms with Crippen molar-refractivity contribution in [3.63, 3.8) is 0 Å². The first-order valence-corrected chi connectivity index (χ1v) is 10.8. The minimum Gasteiger partial charge on any atom is -0.497 e. The van der Waals surface area contributed by atoms with Gasteiger partial charge in [0, 0.05) is 30.1 Å². The zero-order valence-electron chi connectivity index (χ0n) is 17.8. The van der Waals surface area contributed by atoms with Crippen molar-refractivity contribution in [2.24, 2.45) is 0 Å². The zero-order valence-corrected chi connectivity index (χ0v) is 18.6. The Labute approximate surface area is 185 Å². The first-order valence-electron chi connectivity index (χ1n) is 9.92. The van der Waals surface area contributed by atoms with Gasteiger partial charge in [-0.05, 0) is 50.2 Å². The summed E-state index contributed by atoms with van der Waals surface area (Å²) < 4.78 is 10.5. The maximum Gasteiger partial charge on any atom is 0.273 e. The fourth-order valence-corrected chi connectivity index (χ4v) is 3.57. The fourth-order valence-electron chi connectivity index (χ4n) is 2.86. The molecule has 3 aromatic rings. The van der Waals surface area contributed by atoms with Gasteiger partial charge in [-0.1, -0.05) is 0 Å². The third-order valence-corrected chi connectivity index (χ3v) is 5.09. The molecule has 0 bridgehead atoms. The minimum absolute atomic E-state index is 0.0480. The standard InChI is InChI=1S/C22H26N4O4S/c1-15(2)23-20(27)10-11-26(13-18-5-4-12-30-18)21(28)19-14-31-22(25-19)24-16-6-8-17(29-3)9-7-16/h4-9,12,14-15H,10-11,13H2,1-3H3,(H,23,27)(H,24,25). The first kappa shape index (κ1) is 22.4. The molecule has 2 heterocycles. The third-order valence-electron chi connectivity index (χ3n) is 4.34. The van der Waals surface area contributed by atoms with Crippen LogP contribution < -0.4 is 15.4 Å². The smallest absolute Gasteiger partial charge is 0.273 e. The van der Waals surface area contributed by atoms with Crippen molar-refractivity contribution in [1.29, 1.82) is 0 Å². The normalized spacial score (nSPS) is 10.7. The van der Waals surface area contributed by atoms with Crippen LogP contribution in [0.5, 0.6) is 5.75 Å². The Morgan fingerprint density at radius 1 is 1.23 bits per heavy atom. The molecule has 2 aromatic heterocycles. The molecule has 2 N–H and O–H groups in total. The Hall–Kier alpha value is -3.33. The predicted molar refractivity (Wildman–Crippen MR) is 120 cm³/mol. The molecular weight excluding hydrogens is 416 g/mol. The van der Waals surface area contributed by atoms with Crippen molar-refractivity contribution in [1.82, 2.24) is 15.2 Å². The van der Waals surface area contributed by atoms with Gasteiger partial charge in [0.25, 0.3) is 5.91 Å². The van der Waals surface area contributed by atoms with Gasteiger partial charge >= 0.3 is 0 Å². The second-order valence-electron chi connectivity index (χ2n) is 7.17. The van der Waals surface area contributed by atoms with Crippen molar-refractivity contribution in [2.45, 2.75) is 32.9 Å². The number of methoxy groups -OCH3 is 1. The number of furan rings is 1. The van der Waals surface area contributed by atoms with E-state index in [1.807, 2.05) is 38.1 Å². The monoisotopic (exact) mass is 442 g/mol. The molecule has 0 saturated carbocycles. The second-order valence-corrected chi connectivity index (χ2v) is 8.03. The highest BCUT2D eigenvalue weighted by Crippen LogP contribution is 2.24. The average molecular weight is 443 g/mol. The highest BCUT2D eigenvalue weighted by Gasteiger charge is 2.21. The van der Waals surface area contributed by atoms with Crippen LogP contribution in [-0.2, 0) is 11.3 Å². The van der Waals surface area contributed by atoms with Gasteiger partial charge in [-0.2, -0.15) is 0 Å². The molecule has 0 aliphatic carbocycles. The number of ether oxygens (including phenoxy) is 1. The van der Waals surface area contributed by atoms with E-state index in [0.29, 0.717) is 16.6 Å². The lowest BCUT2D eigenvalue weighted by Gasteiger charge is -2.21. The Bertz CT molecular complexity index is 983. The zero-order chi connectivity index (χ0) is 22.2. The van der Waals surface area contributed by atoms with Gasteiger partial charge in [-0.25, -0.2) is 4.98 Å². The van der Waals surface area contributed by atoms with Crippen LogP contribution in [0, 0.1) is 0 Å². The van der Waals surface area contributed by atoms with E-state index in [0.717, 1.165) is 11.4 Å². The lowest BCUT2D eigenvalue weighted by molar-refractivity contribution is -0.121. The molecule has 0 spiro atoms. The van der Waals surface area contributed by atoms with Crippen LogP contribution in [0.15, 0.2) is 52.5 Å². The molecule has 31 heavy (non-hydrogen) atoms. The number of amides is 2. The number of aromatic nitrogens is 1. The lowest BCUT2D eigenvalue weighted by atomic mass is 10.2. The van der Waals surface area contributed by atoms with Gasteiger partial charge in [-0.15, -0.1) is 11.3 Å². The summed E-state index contributed by atoms with van der Waals surface area (Å²) >= 11 is 1.34. The largest absolute Gasteiger partial charge is 0.497 e. The van der Waals surface area contributed by atoms with Gasteiger partial charge in [0.2, 0.25) is 5.91 Å². The van der Waals surface area contributed by atoms with Gasteiger partial charge in [0.15, 0.2) is 5.13 Å². The van der Waals surface area contributed by atoms with E-state index in [1.165, 1.54) is 11.3 Å². The number of thiazole rings is 1. The van der Waals surface area contributed by atoms with Crippen LogP contribution in [0.2, 0.25) is 0 Å². The van der Waals surface area contributed by atoms with Crippen molar-refractivity contribution in [3.8, 4) is 5.75 Å². The van der Waals surface area contributed by atoms with E-state index in [2.05, 4.69) is 15.6 Å². The van der Waals surface area contributed by atoms with Crippen LogP contribution in [0.1, 0.15) is 36.5 Å². The van der Waals surface area contributed by atoms with E-state index in [9.17, 15) is 9.59 Å². The topological polar surface area (TPSA) is 96.7 Å². The number of hydrogen-bond donors (Lipinski definition) is 2. The predicted octanol–water partition coefficient (Wildman–Crippen LogP) is 4.05. The molecule has 0 radical (unpaired) electrons. The van der Waals surface area contributed by atoms with Crippen LogP contribution in [0.3, 0.4) is 0 Å². The van der Waals surface area contributed by atoms with E-state index in [1.54, 1.807) is 35.8 Å². The molecule has 8 nitrogen and oxygen atoms in total. The van der Waals surface area contributed by atoms with E-state index < -0.39 is 0 Å². The number of carbonyl (C=O) groups is 2. The molecule has 0 aliphatic heterocycles. The lowest BCUT2D eigenvalue weighted by Crippen LogP contribution is -2.36. The summed E-state index contributed by atoms with van der Waals surface area (Å²) in [6, 6.07) is 11.0. The first-order chi connectivity index (χ1) is 14.9. The number of anilines is 2. The van der Waals surface area contributed by atoms with Crippen LogP contribution in [-0.4, -0.2) is 41.4 Å². The Kier molecular flexibility index (Phi) is 7.66. The van der Waals surface area contributed by atoms with Crippen molar-refractivity contribution in [3.05, 3.63) is 59.5 Å². The number of nitrogens with one attached hydrogen (secondary N) is 2. The van der Waals surface area contributed by atoms with Gasteiger partial charge in [0.05, 0.1) is 19.9 Å². The maximum atomic E-state index is 13.1. The molecule has 0 unspecified atom stereocenters. The molecule has 0 atom stereocenters. The number of hydrogen-bond acceptors (Lipinski definition) is 7. The minimum atomic E-state index is -0.257. The van der Waals surface area contributed by atoms with Crippen molar-refractivity contribution >= 4 is 34.0 Å². The number of rotatable bonds is 10. The fraction of sp³-hybridized carbons (Fsp3) is 0.318. The molecule has 0 aliphatic rings. The molecule has 3 rings (SSSR count). The summed E-state index contributed by atoms with van der Waals surface area (Å²) in [7, 11) is 1.61. The van der Waals surface area contributed by atoms with Gasteiger partial charge in [-0.3, -0.25) is 9.59 Å². The van der Waals surface area contributed by atoms with Gasteiger partial charge < -0.3 is 24.7 Å². The van der Waals surface area contributed by atoms with Crippen LogP contribution in [0.4, 0.5) is 10.8 Å². The number of nitrogens with zero attached hydrogens (tertiary/aromatic N) is 2. The molecule has 2 amide bonds. The summed E-state index contributed by atoms with van der Waals surface area (Å²) in [4.78, 5) is 31.2. The number of carbonyl (C=O) groups excluding carboxylic acids is 2. The highest BCUT2D eigenvalue weighted by atomic mass is 32.1. The Morgan fingerprint density at radius 3 is 2.65 bits per heavy atom. The quantitative estimate of drug-likeness (QED) is 0.492. The van der Waals surface area contributed by atoms with E-state index in [-0.39, 0.29) is 37.4 Å². The molecule has 9 heteroatoms. The third kappa shape index (κ3) is 6.58. The number of benzene rings is 1. The summed E-state index contributed by atoms with van der Waals surface area (Å²) in [5, 5.41) is 8.33. The highest BCUT2D eigenvalue weighted by molar-refractivity contribution is 7.14. The van der Waals surface area contributed by atoms with Crippen LogP contribution >= 0.6 is 11.3 Å². The molecule has 1 aromatic carbocycles. The van der Waals surface area contributed by atoms with Crippen molar-refractivity contribution < 1.29 is 18.7 Å². The van der Waals surface area contributed by atoms with E-state index in [4.69, 9.17) is 9.15 Å². The molecular formula is C22H26N4O4S. The summed E-state index contributed by atoms with van der Waals surface area (Å²) in [6.07, 6.45) is 1.76. The van der Waals surface area contributed by atoms with Gasteiger partial charge in [0.1, 0.15) is 17.2 Å². The van der Waals surface area contributed by atoms with Crippen LogP contribution in [0.25, 0.3) is 0 Å². The SMILES string of the molecule is COc1ccc(Nc2nc(C(=O)N(CCC(=O)NC(C)C)Cc3ccco3)cs2)cc1. The second kappa shape index (κ2) is 10.6. The molecule has 164 valence electrons. The molecule has 0 fully saturated rings. The summed E-state index contributed by atoms with van der Waals surface area (Å²) in [6.45, 7) is 4.32.